The maximum atomic E-state index is 12.3. The fraction of sp³-hybridized carbons (Fsp3) is 0.462. The second-order valence-electron chi connectivity index (χ2n) is 8.65. The predicted molar refractivity (Wildman–Crippen MR) is 123 cm³/mol. The van der Waals surface area contributed by atoms with Crippen LogP contribution in [0.3, 0.4) is 0 Å². The fourth-order valence-corrected chi connectivity index (χ4v) is 4.61. The first kappa shape index (κ1) is 21.6. The van der Waals surface area contributed by atoms with Crippen molar-refractivity contribution in [3.8, 4) is 5.75 Å². The van der Waals surface area contributed by atoms with E-state index in [0.29, 0.717) is 19.6 Å². The number of allylic oxidation sites excluding steroid dienone is 2. The maximum Gasteiger partial charge on any atom is 0.223 e. The number of nitrogens with one attached hydrogen (secondary N) is 1. The number of hydrogen-bond donors (Lipinski definition) is 1. The number of aryl methyl sites for hydroxylation is 1. The van der Waals surface area contributed by atoms with Crippen molar-refractivity contribution in [2.45, 2.75) is 52.1 Å². The van der Waals surface area contributed by atoms with Crippen molar-refractivity contribution in [2.75, 3.05) is 19.7 Å². The summed E-state index contributed by atoms with van der Waals surface area (Å²) in [6.07, 6.45) is 11.8. The van der Waals surface area contributed by atoms with Crippen LogP contribution in [0.2, 0.25) is 0 Å². The average Bonchev–Trinajstić information content (AvgIpc) is 2.80. The van der Waals surface area contributed by atoms with E-state index in [2.05, 4.69) is 27.4 Å². The molecule has 1 N–H and O–H groups in total. The van der Waals surface area contributed by atoms with Gasteiger partial charge in [-0.1, -0.05) is 30.4 Å². The summed E-state index contributed by atoms with van der Waals surface area (Å²) in [6, 6.07) is 9.60. The van der Waals surface area contributed by atoms with Gasteiger partial charge in [-0.05, 0) is 67.3 Å². The van der Waals surface area contributed by atoms with Crippen molar-refractivity contribution in [1.29, 1.82) is 0 Å². The molecule has 0 spiro atoms. The van der Waals surface area contributed by atoms with Crippen molar-refractivity contribution >= 4 is 5.91 Å². The summed E-state index contributed by atoms with van der Waals surface area (Å²) in [5.74, 6) is 1.58. The summed E-state index contributed by atoms with van der Waals surface area (Å²) in [5, 5.41) is 3.07. The van der Waals surface area contributed by atoms with Crippen molar-refractivity contribution in [1.82, 2.24) is 15.2 Å². The predicted octanol–water partition coefficient (Wildman–Crippen LogP) is 4.19. The van der Waals surface area contributed by atoms with Crippen LogP contribution in [0.1, 0.15) is 48.1 Å². The van der Waals surface area contributed by atoms with E-state index in [9.17, 15) is 4.79 Å². The molecule has 164 valence electrons. The van der Waals surface area contributed by atoms with Gasteiger partial charge in [-0.3, -0.25) is 14.7 Å². The van der Waals surface area contributed by atoms with Crippen LogP contribution in [-0.2, 0) is 24.3 Å². The van der Waals surface area contributed by atoms with Crippen LogP contribution in [0, 0.1) is 12.8 Å². The Hall–Kier alpha value is -2.66. The van der Waals surface area contributed by atoms with Gasteiger partial charge in [0, 0.05) is 38.1 Å². The minimum Gasteiger partial charge on any atom is -0.493 e. The molecule has 2 aromatic rings. The molecule has 1 aromatic heterocycles. The molecule has 1 aliphatic carbocycles. The number of aromatic nitrogens is 1. The Morgan fingerprint density at radius 3 is 2.94 bits per heavy atom. The summed E-state index contributed by atoms with van der Waals surface area (Å²) >= 11 is 0. The third-order valence-electron chi connectivity index (χ3n) is 6.37. The molecule has 1 aliphatic heterocycles. The minimum absolute atomic E-state index is 0.00993. The molecular weight excluding hydrogens is 386 g/mol. The summed E-state index contributed by atoms with van der Waals surface area (Å²) in [7, 11) is 0. The Bertz CT molecular complexity index is 910. The highest BCUT2D eigenvalue weighted by Gasteiger charge is 2.23. The number of ether oxygens (including phenoxy) is 1. The van der Waals surface area contributed by atoms with Gasteiger partial charge in [0.05, 0.1) is 13.0 Å². The first-order valence-electron chi connectivity index (χ1n) is 11.5. The third-order valence-corrected chi connectivity index (χ3v) is 6.37. The molecule has 2 aliphatic rings. The molecule has 0 saturated heterocycles. The van der Waals surface area contributed by atoms with E-state index in [-0.39, 0.29) is 5.91 Å². The molecule has 0 radical (unpaired) electrons. The van der Waals surface area contributed by atoms with E-state index in [1.165, 1.54) is 42.5 Å². The number of nitrogens with zero attached hydrogens (tertiary/aromatic N) is 2. The number of pyridine rings is 1. The number of rotatable bonds is 8. The van der Waals surface area contributed by atoms with Gasteiger partial charge in [-0.25, -0.2) is 0 Å². The van der Waals surface area contributed by atoms with Gasteiger partial charge < -0.3 is 10.1 Å². The van der Waals surface area contributed by atoms with Crippen molar-refractivity contribution in [3.63, 3.8) is 0 Å². The van der Waals surface area contributed by atoms with Crippen molar-refractivity contribution in [3.05, 3.63) is 71.1 Å². The quantitative estimate of drug-likeness (QED) is 0.652. The number of amides is 1. The highest BCUT2D eigenvalue weighted by molar-refractivity contribution is 5.76. The Morgan fingerprint density at radius 1 is 1.26 bits per heavy atom. The molecule has 1 atom stereocenters. The number of benzene rings is 1. The smallest absolute Gasteiger partial charge is 0.223 e. The molecule has 31 heavy (non-hydrogen) atoms. The Balaban J connectivity index is 1.29. The number of carbonyl (C=O) groups excluding carboxylic acids is 1. The number of hydrogen-bond acceptors (Lipinski definition) is 4. The second-order valence-corrected chi connectivity index (χ2v) is 8.65. The topological polar surface area (TPSA) is 54.5 Å². The zero-order valence-electron chi connectivity index (χ0n) is 18.5. The molecular formula is C26H33N3O2. The lowest BCUT2D eigenvalue weighted by molar-refractivity contribution is -0.121. The monoisotopic (exact) mass is 419 g/mol. The van der Waals surface area contributed by atoms with E-state index in [0.717, 1.165) is 36.9 Å². The van der Waals surface area contributed by atoms with Crippen molar-refractivity contribution < 1.29 is 9.53 Å². The summed E-state index contributed by atoms with van der Waals surface area (Å²) in [4.78, 5) is 19.5. The third kappa shape index (κ3) is 5.95. The van der Waals surface area contributed by atoms with Gasteiger partial charge in [0.2, 0.25) is 5.91 Å². The van der Waals surface area contributed by atoms with Gasteiger partial charge in [0.25, 0.3) is 0 Å². The molecule has 4 rings (SSSR count). The average molecular weight is 420 g/mol. The van der Waals surface area contributed by atoms with Gasteiger partial charge >= 0.3 is 0 Å². The summed E-state index contributed by atoms with van der Waals surface area (Å²) in [6.45, 7) is 6.19. The van der Waals surface area contributed by atoms with Crippen LogP contribution in [0.15, 0.2) is 48.7 Å². The van der Waals surface area contributed by atoms with Crippen LogP contribution in [0.4, 0.5) is 0 Å². The maximum absolute atomic E-state index is 12.3. The van der Waals surface area contributed by atoms with Gasteiger partial charge in [-0.15, -0.1) is 0 Å². The van der Waals surface area contributed by atoms with Crippen LogP contribution >= 0.6 is 0 Å². The van der Waals surface area contributed by atoms with E-state index in [1.54, 1.807) is 0 Å². The lowest BCUT2D eigenvalue weighted by Gasteiger charge is -2.33. The molecule has 5 nitrogen and oxygen atoms in total. The largest absolute Gasteiger partial charge is 0.493 e. The molecule has 0 saturated carbocycles. The number of fused-ring (bicyclic) bond motifs is 1. The van der Waals surface area contributed by atoms with E-state index in [1.807, 2.05) is 43.5 Å². The minimum atomic E-state index is 0.00993. The normalized spacial score (nSPS) is 18.4. The second kappa shape index (κ2) is 10.6. The molecule has 5 heteroatoms. The van der Waals surface area contributed by atoms with Crippen LogP contribution in [-0.4, -0.2) is 35.5 Å². The van der Waals surface area contributed by atoms with Gasteiger partial charge in [-0.2, -0.15) is 0 Å². The van der Waals surface area contributed by atoms with Crippen LogP contribution in [0.25, 0.3) is 0 Å². The highest BCUT2D eigenvalue weighted by Crippen LogP contribution is 2.26. The molecule has 0 fully saturated rings. The summed E-state index contributed by atoms with van der Waals surface area (Å²) in [5.41, 5.74) is 4.91. The van der Waals surface area contributed by atoms with E-state index in [4.69, 9.17) is 4.74 Å². The molecule has 2 heterocycles. The number of carbonyl (C=O) groups is 1. The van der Waals surface area contributed by atoms with Gasteiger partial charge in [0.1, 0.15) is 5.75 Å². The van der Waals surface area contributed by atoms with Crippen LogP contribution < -0.4 is 10.1 Å². The lowest BCUT2D eigenvalue weighted by atomic mass is 9.91. The lowest BCUT2D eigenvalue weighted by Crippen LogP contribution is -2.36. The Kier molecular flexibility index (Phi) is 7.36. The highest BCUT2D eigenvalue weighted by atomic mass is 16.5. The summed E-state index contributed by atoms with van der Waals surface area (Å²) < 4.78 is 5.63. The van der Waals surface area contributed by atoms with Gasteiger partial charge in [0.15, 0.2) is 0 Å². The number of para-hydroxylation sites is 1. The van der Waals surface area contributed by atoms with E-state index >= 15 is 0 Å². The van der Waals surface area contributed by atoms with Crippen LogP contribution in [0.5, 0.6) is 5.75 Å². The Morgan fingerprint density at radius 2 is 2.13 bits per heavy atom. The molecule has 1 aromatic carbocycles. The fourth-order valence-electron chi connectivity index (χ4n) is 4.61. The standard InChI is InChI=1S/C26H33N3O2/c1-20-25(17-28-26(30)13-15-31-23-10-6-3-7-11-23)24-12-14-29(19-22(24)16-27-20)18-21-8-4-2-5-9-21/h2-4,6-7,10-11,16,21H,5,8-9,12-15,17-19H2,1H3,(H,28,30). The zero-order valence-corrected chi connectivity index (χ0v) is 18.5. The van der Waals surface area contributed by atoms with E-state index < -0.39 is 0 Å². The first-order valence-corrected chi connectivity index (χ1v) is 11.5. The molecule has 1 unspecified atom stereocenters. The first-order chi connectivity index (χ1) is 15.2. The zero-order chi connectivity index (χ0) is 21.5. The molecule has 0 bridgehead atoms. The SMILES string of the molecule is Cc1ncc2c(c1CNC(=O)CCOc1ccccc1)CCN(CC1CC=CCC1)C2. The molecule has 1 amide bonds. The van der Waals surface area contributed by atoms with Crippen molar-refractivity contribution in [2.24, 2.45) is 5.92 Å². The Labute approximate surface area is 185 Å².